The van der Waals surface area contributed by atoms with Crippen molar-refractivity contribution in [1.29, 1.82) is 0 Å². The molecule has 1 N–H and O–H groups in total. The molecule has 1 aromatic heterocycles. The first-order valence-corrected chi connectivity index (χ1v) is 5.97. The van der Waals surface area contributed by atoms with Gasteiger partial charge in [-0.2, -0.15) is 0 Å². The van der Waals surface area contributed by atoms with Crippen molar-refractivity contribution < 1.29 is 0 Å². The van der Waals surface area contributed by atoms with Crippen LogP contribution in [0.5, 0.6) is 0 Å². The van der Waals surface area contributed by atoms with Gasteiger partial charge >= 0.3 is 0 Å². The Morgan fingerprint density at radius 2 is 2.44 bits per heavy atom. The summed E-state index contributed by atoms with van der Waals surface area (Å²) in [5, 5.41) is 3.53. The van der Waals surface area contributed by atoms with Crippen molar-refractivity contribution in [1.82, 2.24) is 20.2 Å². The summed E-state index contributed by atoms with van der Waals surface area (Å²) in [4.78, 5) is 10.8. The van der Waals surface area contributed by atoms with Gasteiger partial charge < -0.3 is 10.2 Å². The summed E-state index contributed by atoms with van der Waals surface area (Å²) >= 11 is 0. The van der Waals surface area contributed by atoms with Crippen LogP contribution in [0.3, 0.4) is 0 Å². The van der Waals surface area contributed by atoms with Crippen LogP contribution in [-0.2, 0) is 0 Å². The van der Waals surface area contributed by atoms with Gasteiger partial charge in [0.1, 0.15) is 0 Å². The molecule has 16 heavy (non-hydrogen) atoms. The molecule has 1 fully saturated rings. The summed E-state index contributed by atoms with van der Waals surface area (Å²) in [6.45, 7) is 4.40. The molecule has 1 aliphatic rings. The summed E-state index contributed by atoms with van der Waals surface area (Å²) in [6.07, 6.45) is 7.91. The van der Waals surface area contributed by atoms with Crippen LogP contribution < -0.4 is 5.32 Å². The Balaban J connectivity index is 1.82. The number of rotatable bonds is 4. The van der Waals surface area contributed by atoms with Crippen molar-refractivity contribution in [3.63, 3.8) is 0 Å². The molecule has 0 saturated carbocycles. The normalized spacial score (nSPS) is 23.5. The van der Waals surface area contributed by atoms with E-state index in [0.29, 0.717) is 6.04 Å². The number of likely N-dealkylation sites (N-methyl/N-ethyl adjacent to an activating group) is 1. The second-order valence-corrected chi connectivity index (χ2v) is 4.54. The lowest BCUT2D eigenvalue weighted by Gasteiger charge is -2.22. The average molecular weight is 220 g/mol. The average Bonchev–Trinajstić information content (AvgIpc) is 2.73. The van der Waals surface area contributed by atoms with Crippen molar-refractivity contribution in [2.45, 2.75) is 31.8 Å². The fourth-order valence-electron chi connectivity index (χ4n) is 2.19. The molecule has 1 aromatic rings. The minimum atomic E-state index is 0.280. The van der Waals surface area contributed by atoms with Crippen LogP contribution in [0.25, 0.3) is 0 Å². The minimum Gasteiger partial charge on any atom is -0.307 e. The smallest absolute Gasteiger partial charge is 0.0753 e. The SMILES string of the molecule is CC(NCC1CCCN1C)c1cnccn1. The number of aromatic nitrogens is 2. The third kappa shape index (κ3) is 2.77. The molecule has 0 spiro atoms. The van der Waals surface area contributed by atoms with Gasteiger partial charge in [-0.15, -0.1) is 0 Å². The maximum absolute atomic E-state index is 4.30. The van der Waals surface area contributed by atoms with Gasteiger partial charge in [0.05, 0.1) is 5.69 Å². The molecule has 0 aromatic carbocycles. The Labute approximate surface area is 97.1 Å². The van der Waals surface area contributed by atoms with Gasteiger partial charge in [-0.25, -0.2) is 0 Å². The topological polar surface area (TPSA) is 41.0 Å². The molecule has 0 bridgehead atoms. The molecule has 2 rings (SSSR count). The van der Waals surface area contributed by atoms with E-state index < -0.39 is 0 Å². The zero-order chi connectivity index (χ0) is 11.4. The van der Waals surface area contributed by atoms with Crippen LogP contribution in [0.4, 0.5) is 0 Å². The molecule has 1 aliphatic heterocycles. The molecule has 4 nitrogen and oxygen atoms in total. The van der Waals surface area contributed by atoms with E-state index in [-0.39, 0.29) is 6.04 Å². The lowest BCUT2D eigenvalue weighted by Crippen LogP contribution is -2.36. The lowest BCUT2D eigenvalue weighted by atomic mass is 10.2. The number of nitrogens with zero attached hydrogens (tertiary/aromatic N) is 3. The summed E-state index contributed by atoms with van der Waals surface area (Å²) in [5.74, 6) is 0. The van der Waals surface area contributed by atoms with Crippen LogP contribution in [0, 0.1) is 0 Å². The number of hydrogen-bond donors (Lipinski definition) is 1. The van der Waals surface area contributed by atoms with Crippen molar-refractivity contribution in [3.05, 3.63) is 24.3 Å². The van der Waals surface area contributed by atoms with Gasteiger partial charge in [-0.3, -0.25) is 9.97 Å². The Bertz CT molecular complexity index is 314. The maximum atomic E-state index is 4.30. The second-order valence-electron chi connectivity index (χ2n) is 4.54. The van der Waals surface area contributed by atoms with E-state index in [9.17, 15) is 0 Å². The Kier molecular flexibility index (Phi) is 3.85. The van der Waals surface area contributed by atoms with E-state index in [2.05, 4.69) is 34.2 Å². The predicted octanol–water partition coefficient (Wildman–Crippen LogP) is 1.22. The van der Waals surface area contributed by atoms with Crippen molar-refractivity contribution in [2.24, 2.45) is 0 Å². The third-order valence-electron chi connectivity index (χ3n) is 3.36. The summed E-state index contributed by atoms with van der Waals surface area (Å²) < 4.78 is 0. The van der Waals surface area contributed by atoms with Crippen molar-refractivity contribution >= 4 is 0 Å². The fourth-order valence-corrected chi connectivity index (χ4v) is 2.19. The van der Waals surface area contributed by atoms with Crippen LogP contribution >= 0.6 is 0 Å². The molecule has 2 atom stereocenters. The molecule has 0 amide bonds. The highest BCUT2D eigenvalue weighted by molar-refractivity contribution is 5.00. The molecular weight excluding hydrogens is 200 g/mol. The number of hydrogen-bond acceptors (Lipinski definition) is 4. The minimum absolute atomic E-state index is 0.280. The van der Waals surface area contributed by atoms with Gasteiger partial charge in [-0.1, -0.05) is 0 Å². The highest BCUT2D eigenvalue weighted by atomic mass is 15.2. The maximum Gasteiger partial charge on any atom is 0.0753 e. The van der Waals surface area contributed by atoms with E-state index in [4.69, 9.17) is 0 Å². The van der Waals surface area contributed by atoms with E-state index >= 15 is 0 Å². The molecule has 0 aliphatic carbocycles. The van der Waals surface area contributed by atoms with Crippen LogP contribution in [0.15, 0.2) is 18.6 Å². The zero-order valence-corrected chi connectivity index (χ0v) is 10.1. The molecule has 88 valence electrons. The highest BCUT2D eigenvalue weighted by Crippen LogP contribution is 2.15. The molecule has 2 heterocycles. The lowest BCUT2D eigenvalue weighted by molar-refractivity contribution is 0.293. The Hall–Kier alpha value is -1.00. The van der Waals surface area contributed by atoms with Gasteiger partial charge in [0.25, 0.3) is 0 Å². The van der Waals surface area contributed by atoms with E-state index in [1.54, 1.807) is 12.4 Å². The molecule has 1 saturated heterocycles. The zero-order valence-electron chi connectivity index (χ0n) is 10.1. The third-order valence-corrected chi connectivity index (χ3v) is 3.36. The van der Waals surface area contributed by atoms with Gasteiger partial charge in [0, 0.05) is 37.2 Å². The fraction of sp³-hybridized carbons (Fsp3) is 0.667. The molecule has 0 radical (unpaired) electrons. The molecule has 2 unspecified atom stereocenters. The summed E-state index contributed by atoms with van der Waals surface area (Å²) in [7, 11) is 2.20. The summed E-state index contributed by atoms with van der Waals surface area (Å²) in [6, 6.07) is 0.960. The quantitative estimate of drug-likeness (QED) is 0.828. The Morgan fingerprint density at radius 3 is 3.06 bits per heavy atom. The van der Waals surface area contributed by atoms with Crippen LogP contribution in [0.2, 0.25) is 0 Å². The van der Waals surface area contributed by atoms with Crippen LogP contribution in [-0.4, -0.2) is 41.0 Å². The number of likely N-dealkylation sites (tertiary alicyclic amines) is 1. The highest BCUT2D eigenvalue weighted by Gasteiger charge is 2.21. The second kappa shape index (κ2) is 5.37. The molecule has 4 heteroatoms. The monoisotopic (exact) mass is 220 g/mol. The number of nitrogens with one attached hydrogen (secondary N) is 1. The van der Waals surface area contributed by atoms with Crippen molar-refractivity contribution in [3.8, 4) is 0 Å². The summed E-state index contributed by atoms with van der Waals surface area (Å²) in [5.41, 5.74) is 1.02. The standard InChI is InChI=1S/C12H20N4/c1-10(12-9-13-5-6-14-12)15-8-11-4-3-7-16(11)2/h5-6,9-11,15H,3-4,7-8H2,1-2H3. The predicted molar refractivity (Wildman–Crippen MR) is 64.1 cm³/mol. The first-order chi connectivity index (χ1) is 7.77. The van der Waals surface area contributed by atoms with Gasteiger partial charge in [-0.05, 0) is 33.4 Å². The van der Waals surface area contributed by atoms with Gasteiger partial charge in [0.15, 0.2) is 0 Å². The van der Waals surface area contributed by atoms with E-state index in [0.717, 1.165) is 12.2 Å². The van der Waals surface area contributed by atoms with E-state index in [1.165, 1.54) is 19.4 Å². The van der Waals surface area contributed by atoms with E-state index in [1.807, 2.05) is 6.20 Å². The first-order valence-electron chi connectivity index (χ1n) is 5.97. The van der Waals surface area contributed by atoms with Crippen LogP contribution in [0.1, 0.15) is 31.5 Å². The van der Waals surface area contributed by atoms with Gasteiger partial charge in [0.2, 0.25) is 0 Å². The molecular formula is C12H20N4. The Morgan fingerprint density at radius 1 is 1.56 bits per heavy atom. The first kappa shape index (κ1) is 11.5. The van der Waals surface area contributed by atoms with Crippen molar-refractivity contribution in [2.75, 3.05) is 20.1 Å². The largest absolute Gasteiger partial charge is 0.307 e.